The number of esters is 1. The van der Waals surface area contributed by atoms with Crippen LogP contribution in [0.1, 0.15) is 46.5 Å². The topological polar surface area (TPSA) is 55.4 Å². The molecule has 4 heteroatoms. The van der Waals surface area contributed by atoms with Crippen LogP contribution in [-0.2, 0) is 14.3 Å². The van der Waals surface area contributed by atoms with Crippen molar-refractivity contribution in [2.45, 2.75) is 52.5 Å². The van der Waals surface area contributed by atoms with Gasteiger partial charge in [0.15, 0.2) is 5.76 Å². The molecule has 0 spiro atoms. The van der Waals surface area contributed by atoms with Crippen LogP contribution in [-0.4, -0.2) is 17.9 Å². The molecule has 0 saturated carbocycles. The average molecular weight is 253 g/mol. The van der Waals surface area contributed by atoms with E-state index in [0.29, 0.717) is 12.0 Å². The molecule has 0 fully saturated rings. The Kier molecular flexibility index (Phi) is 7.76. The van der Waals surface area contributed by atoms with Crippen molar-refractivity contribution in [2.24, 2.45) is 0 Å². The van der Waals surface area contributed by atoms with Gasteiger partial charge in [-0.25, -0.2) is 4.79 Å². The van der Waals surface area contributed by atoms with Crippen LogP contribution in [0.4, 0.5) is 0 Å². The Balaban J connectivity index is 4.10. The third-order valence-corrected chi connectivity index (χ3v) is 2.26. The van der Waals surface area contributed by atoms with Crippen molar-refractivity contribution < 1.29 is 14.3 Å². The highest BCUT2D eigenvalue weighted by Gasteiger charge is 2.15. The fourth-order valence-corrected chi connectivity index (χ4v) is 1.26. The predicted molar refractivity (Wildman–Crippen MR) is 71.8 cm³/mol. The van der Waals surface area contributed by atoms with E-state index in [2.05, 4.69) is 25.4 Å². The summed E-state index contributed by atoms with van der Waals surface area (Å²) in [5.74, 6) is -1.24. The molecule has 0 aromatic heterocycles. The zero-order valence-electron chi connectivity index (χ0n) is 11.5. The summed E-state index contributed by atoms with van der Waals surface area (Å²) in [5.41, 5.74) is 0.377. The summed E-state index contributed by atoms with van der Waals surface area (Å²) in [5, 5.41) is 2.59. The molecule has 0 heterocycles. The lowest BCUT2D eigenvalue weighted by atomic mass is 10.1. The molecule has 1 N–H and O–H groups in total. The summed E-state index contributed by atoms with van der Waals surface area (Å²) in [6, 6.07) is -0.0271. The molecule has 0 saturated heterocycles. The summed E-state index contributed by atoms with van der Waals surface area (Å²) < 4.78 is 4.86. The van der Waals surface area contributed by atoms with Crippen LogP contribution >= 0.6 is 0 Å². The number of amides is 1. The molecule has 0 aromatic rings. The van der Waals surface area contributed by atoms with E-state index in [1.165, 1.54) is 0 Å². The highest BCUT2D eigenvalue weighted by Crippen LogP contribution is 2.10. The van der Waals surface area contributed by atoms with Crippen molar-refractivity contribution >= 4 is 11.9 Å². The van der Waals surface area contributed by atoms with E-state index >= 15 is 0 Å². The average Bonchev–Trinajstić information content (AvgIpc) is 2.28. The lowest BCUT2D eigenvalue weighted by molar-refractivity contribution is -0.139. The maximum absolute atomic E-state index is 11.6. The third-order valence-electron chi connectivity index (χ3n) is 2.26. The first-order valence-corrected chi connectivity index (χ1v) is 6.28. The van der Waals surface area contributed by atoms with Gasteiger partial charge in [-0.05, 0) is 26.7 Å². The maximum atomic E-state index is 11.6. The number of hydrogen-bond donors (Lipinski definition) is 1. The van der Waals surface area contributed by atoms with Gasteiger partial charge < -0.3 is 10.1 Å². The number of unbranched alkanes of at least 4 members (excludes halogenated alkanes) is 2. The van der Waals surface area contributed by atoms with Crippen molar-refractivity contribution in [3.8, 4) is 0 Å². The van der Waals surface area contributed by atoms with Gasteiger partial charge in [0.25, 0.3) is 5.91 Å². The molecule has 0 radical (unpaired) electrons. The van der Waals surface area contributed by atoms with Crippen LogP contribution in [0.25, 0.3) is 0 Å². The molecule has 4 nitrogen and oxygen atoms in total. The molecule has 18 heavy (non-hydrogen) atoms. The lowest BCUT2D eigenvalue weighted by Gasteiger charge is -2.11. The molecule has 1 amide bonds. The molecule has 0 aliphatic rings. The zero-order chi connectivity index (χ0) is 14.1. The summed E-state index contributed by atoms with van der Waals surface area (Å²) in [6.45, 7) is 12.8. The first-order chi connectivity index (χ1) is 8.38. The van der Waals surface area contributed by atoms with Crippen molar-refractivity contribution in [1.82, 2.24) is 5.32 Å². The predicted octanol–water partition coefficient (Wildman–Crippen LogP) is 2.70. The summed E-state index contributed by atoms with van der Waals surface area (Å²) in [4.78, 5) is 23.0. The van der Waals surface area contributed by atoms with Gasteiger partial charge in [-0.3, -0.25) is 4.79 Å². The van der Waals surface area contributed by atoms with Crippen molar-refractivity contribution in [1.29, 1.82) is 0 Å². The van der Waals surface area contributed by atoms with Gasteiger partial charge in [0.2, 0.25) is 0 Å². The number of carbonyl (C=O) groups is 2. The molecule has 102 valence electrons. The van der Waals surface area contributed by atoms with Crippen molar-refractivity contribution in [3.05, 3.63) is 24.5 Å². The Bertz CT molecular complexity index is 332. The summed E-state index contributed by atoms with van der Waals surface area (Å²) in [7, 11) is 0. The number of carbonyl (C=O) groups excluding carboxylic acids is 2. The second-order valence-electron chi connectivity index (χ2n) is 4.50. The molecular formula is C14H23NO3. The first kappa shape index (κ1) is 16.4. The second kappa shape index (κ2) is 8.50. The molecule has 0 unspecified atom stereocenters. The van der Waals surface area contributed by atoms with Crippen LogP contribution in [0, 0.1) is 0 Å². The minimum atomic E-state index is -0.574. The van der Waals surface area contributed by atoms with Crippen LogP contribution in [0.15, 0.2) is 24.5 Å². The van der Waals surface area contributed by atoms with E-state index in [1.807, 2.05) is 13.8 Å². The SMILES string of the molecule is C=C(CCCCC)C(=O)OC(=C)C(=O)NC(C)C. The van der Waals surface area contributed by atoms with E-state index < -0.39 is 11.9 Å². The minimum Gasteiger partial charge on any atom is -0.418 e. The quantitative estimate of drug-likeness (QED) is 0.313. The highest BCUT2D eigenvalue weighted by molar-refractivity contribution is 5.96. The summed E-state index contributed by atoms with van der Waals surface area (Å²) >= 11 is 0. The Morgan fingerprint density at radius 1 is 1.22 bits per heavy atom. The number of ether oxygens (including phenoxy) is 1. The van der Waals surface area contributed by atoms with Gasteiger partial charge in [0.1, 0.15) is 0 Å². The zero-order valence-corrected chi connectivity index (χ0v) is 11.5. The lowest BCUT2D eigenvalue weighted by Crippen LogP contribution is -2.32. The van der Waals surface area contributed by atoms with Crippen LogP contribution in [0.2, 0.25) is 0 Å². The standard InChI is InChI=1S/C14H23NO3/c1-6-7-8-9-11(4)14(17)18-12(5)13(16)15-10(2)3/h10H,4-9H2,1-3H3,(H,15,16). The molecule has 0 aliphatic heterocycles. The van der Waals surface area contributed by atoms with E-state index in [4.69, 9.17) is 4.74 Å². The summed E-state index contributed by atoms with van der Waals surface area (Å²) in [6.07, 6.45) is 3.60. The first-order valence-electron chi connectivity index (χ1n) is 6.28. The van der Waals surface area contributed by atoms with E-state index in [0.717, 1.165) is 19.3 Å². The fourth-order valence-electron chi connectivity index (χ4n) is 1.26. The molecule has 0 bridgehead atoms. The van der Waals surface area contributed by atoms with Crippen LogP contribution in [0.5, 0.6) is 0 Å². The Labute approximate surface area is 109 Å². The normalized spacial score (nSPS) is 10.0. The molecule has 0 aromatic carbocycles. The van der Waals surface area contributed by atoms with E-state index in [-0.39, 0.29) is 11.8 Å². The van der Waals surface area contributed by atoms with Crippen molar-refractivity contribution in [2.75, 3.05) is 0 Å². The minimum absolute atomic E-state index is 0.0271. The van der Waals surface area contributed by atoms with E-state index in [1.54, 1.807) is 0 Å². The van der Waals surface area contributed by atoms with Gasteiger partial charge in [-0.2, -0.15) is 0 Å². The van der Waals surface area contributed by atoms with Gasteiger partial charge in [0, 0.05) is 11.6 Å². The largest absolute Gasteiger partial charge is 0.418 e. The third kappa shape index (κ3) is 6.89. The Morgan fingerprint density at radius 2 is 1.83 bits per heavy atom. The Hall–Kier alpha value is -1.58. The Morgan fingerprint density at radius 3 is 2.33 bits per heavy atom. The fraction of sp³-hybridized carbons (Fsp3) is 0.571. The van der Waals surface area contributed by atoms with E-state index in [9.17, 15) is 9.59 Å². The van der Waals surface area contributed by atoms with Crippen molar-refractivity contribution in [3.63, 3.8) is 0 Å². The monoisotopic (exact) mass is 253 g/mol. The number of hydrogen-bond acceptors (Lipinski definition) is 3. The van der Waals surface area contributed by atoms with Crippen LogP contribution in [0.3, 0.4) is 0 Å². The van der Waals surface area contributed by atoms with Gasteiger partial charge in [0.05, 0.1) is 0 Å². The van der Waals surface area contributed by atoms with Gasteiger partial charge in [-0.15, -0.1) is 0 Å². The second-order valence-corrected chi connectivity index (χ2v) is 4.50. The number of nitrogens with one attached hydrogen (secondary N) is 1. The number of rotatable bonds is 8. The molecular weight excluding hydrogens is 230 g/mol. The van der Waals surface area contributed by atoms with Crippen LogP contribution < -0.4 is 5.32 Å². The van der Waals surface area contributed by atoms with Gasteiger partial charge >= 0.3 is 5.97 Å². The highest BCUT2D eigenvalue weighted by atomic mass is 16.5. The molecule has 0 atom stereocenters. The molecule has 0 aliphatic carbocycles. The smallest absolute Gasteiger partial charge is 0.338 e. The van der Waals surface area contributed by atoms with Gasteiger partial charge in [-0.1, -0.05) is 32.9 Å². The maximum Gasteiger partial charge on any atom is 0.338 e. The molecule has 0 rings (SSSR count).